The lowest BCUT2D eigenvalue weighted by molar-refractivity contribution is -0.384. The van der Waals surface area contributed by atoms with E-state index in [0.29, 0.717) is 6.54 Å². The Morgan fingerprint density at radius 3 is 2.57 bits per heavy atom. The van der Waals surface area contributed by atoms with Crippen LogP contribution < -0.4 is 5.32 Å². The normalized spacial score (nSPS) is 16.6. The number of aromatic carboxylic acids is 1. The predicted molar refractivity (Wildman–Crippen MR) is 76.5 cm³/mol. The van der Waals surface area contributed by atoms with Crippen LogP contribution in [-0.2, 0) is 0 Å². The molecule has 114 valence electrons. The molecule has 0 amide bonds. The number of carbonyl (C=O) groups is 1. The molecule has 0 saturated heterocycles. The maximum atomic E-state index is 11.1. The molecule has 3 N–H and O–H groups in total. The van der Waals surface area contributed by atoms with Crippen LogP contribution in [0.25, 0.3) is 0 Å². The molecule has 0 aromatic heterocycles. The Bertz CT molecular complexity index is 552. The number of nitro groups is 1. The highest BCUT2D eigenvalue weighted by atomic mass is 16.6. The summed E-state index contributed by atoms with van der Waals surface area (Å²) >= 11 is 0. The van der Waals surface area contributed by atoms with E-state index >= 15 is 0 Å². The molecule has 0 atom stereocenters. The average molecular weight is 294 g/mol. The average Bonchev–Trinajstić information content (AvgIpc) is 2.94. The van der Waals surface area contributed by atoms with Crippen molar-refractivity contribution >= 4 is 17.3 Å². The highest BCUT2D eigenvalue weighted by Gasteiger charge is 2.34. The maximum Gasteiger partial charge on any atom is 0.342 e. The van der Waals surface area contributed by atoms with Crippen molar-refractivity contribution in [3.05, 3.63) is 33.9 Å². The van der Waals surface area contributed by atoms with Crippen LogP contribution in [0.5, 0.6) is 0 Å². The van der Waals surface area contributed by atoms with Crippen LogP contribution in [0.3, 0.4) is 0 Å². The number of anilines is 1. The van der Waals surface area contributed by atoms with Gasteiger partial charge in [0.25, 0.3) is 0 Å². The number of carboxylic acid groups (broad SMARTS) is 1. The molecule has 1 aromatic rings. The van der Waals surface area contributed by atoms with Crippen molar-refractivity contribution in [3.8, 4) is 0 Å². The molecule has 0 bridgehead atoms. The summed E-state index contributed by atoms with van der Waals surface area (Å²) in [4.78, 5) is 21.5. The van der Waals surface area contributed by atoms with Gasteiger partial charge in [-0.15, -0.1) is 0 Å². The molecule has 0 heterocycles. The number of nitrogens with zero attached hydrogens (tertiary/aromatic N) is 1. The van der Waals surface area contributed by atoms with Gasteiger partial charge >= 0.3 is 11.7 Å². The van der Waals surface area contributed by atoms with Gasteiger partial charge in [0.15, 0.2) is 0 Å². The number of nitro benzene ring substituents is 1. The molecule has 1 aromatic carbocycles. The zero-order valence-electron chi connectivity index (χ0n) is 11.5. The topological polar surface area (TPSA) is 113 Å². The van der Waals surface area contributed by atoms with Crippen LogP contribution in [0.4, 0.5) is 11.4 Å². The molecular weight excluding hydrogens is 276 g/mol. The first-order valence-electron chi connectivity index (χ1n) is 6.84. The minimum absolute atomic E-state index is 0.0203. The number of carboxylic acids is 1. The molecule has 0 unspecified atom stereocenters. The van der Waals surface area contributed by atoms with E-state index in [4.69, 9.17) is 5.11 Å². The zero-order valence-corrected chi connectivity index (χ0v) is 11.5. The lowest BCUT2D eigenvalue weighted by Crippen LogP contribution is -2.30. The summed E-state index contributed by atoms with van der Waals surface area (Å²) in [5, 5.41) is 32.7. The van der Waals surface area contributed by atoms with Gasteiger partial charge < -0.3 is 15.5 Å². The van der Waals surface area contributed by atoms with Crippen molar-refractivity contribution < 1.29 is 19.9 Å². The number of para-hydroxylation sites is 1. The highest BCUT2D eigenvalue weighted by molar-refractivity contribution is 5.95. The van der Waals surface area contributed by atoms with E-state index in [1.54, 1.807) is 0 Å². The standard InChI is InChI=1S/C14H18N2O5/c17-9-14(6-1-2-7-14)8-15-11-5-3-4-10(13(18)19)12(11)16(20)21/h3-5,15,17H,1-2,6-9H2,(H,18,19). The van der Waals surface area contributed by atoms with Crippen molar-refractivity contribution in [2.24, 2.45) is 5.41 Å². The Kier molecular flexibility index (Phi) is 4.42. The van der Waals surface area contributed by atoms with E-state index < -0.39 is 16.6 Å². The fraction of sp³-hybridized carbons (Fsp3) is 0.500. The third-order valence-electron chi connectivity index (χ3n) is 4.10. The van der Waals surface area contributed by atoms with Gasteiger partial charge in [-0.3, -0.25) is 10.1 Å². The van der Waals surface area contributed by atoms with E-state index in [1.807, 2.05) is 0 Å². The fourth-order valence-corrected chi connectivity index (χ4v) is 2.85. The lowest BCUT2D eigenvalue weighted by atomic mass is 9.87. The van der Waals surface area contributed by atoms with Crippen LogP contribution in [0.1, 0.15) is 36.0 Å². The van der Waals surface area contributed by atoms with Crippen LogP contribution in [0, 0.1) is 15.5 Å². The summed E-state index contributed by atoms with van der Waals surface area (Å²) in [6, 6.07) is 4.17. The molecule has 0 aliphatic heterocycles. The Morgan fingerprint density at radius 2 is 2.05 bits per heavy atom. The molecule has 1 aliphatic rings. The molecule has 7 nitrogen and oxygen atoms in total. The summed E-state index contributed by atoms with van der Waals surface area (Å²) in [6.07, 6.45) is 3.78. The molecular formula is C14H18N2O5. The molecule has 7 heteroatoms. The maximum absolute atomic E-state index is 11.1. The molecule has 0 spiro atoms. The largest absolute Gasteiger partial charge is 0.477 e. The first-order chi connectivity index (χ1) is 9.99. The minimum atomic E-state index is -1.33. The second kappa shape index (κ2) is 6.09. The van der Waals surface area contributed by atoms with E-state index in [2.05, 4.69) is 5.32 Å². The van der Waals surface area contributed by atoms with Crippen LogP contribution in [-0.4, -0.2) is 34.3 Å². The Morgan fingerprint density at radius 1 is 1.38 bits per heavy atom. The zero-order chi connectivity index (χ0) is 15.5. The molecule has 0 radical (unpaired) electrons. The number of hydrogen-bond donors (Lipinski definition) is 3. The summed E-state index contributed by atoms with van der Waals surface area (Å²) in [5.41, 5.74) is -0.863. The Hall–Kier alpha value is -2.15. The van der Waals surface area contributed by atoms with Crippen molar-refractivity contribution in [3.63, 3.8) is 0 Å². The van der Waals surface area contributed by atoms with Gasteiger partial charge in [0.05, 0.1) is 11.5 Å². The van der Waals surface area contributed by atoms with Gasteiger partial charge in [0.2, 0.25) is 0 Å². The number of rotatable bonds is 6. The van der Waals surface area contributed by atoms with E-state index in [-0.39, 0.29) is 23.3 Å². The van der Waals surface area contributed by atoms with Crippen molar-refractivity contribution in [1.29, 1.82) is 0 Å². The van der Waals surface area contributed by atoms with Gasteiger partial charge in [-0.25, -0.2) is 4.79 Å². The summed E-state index contributed by atoms with van der Waals surface area (Å²) in [7, 11) is 0. The first-order valence-corrected chi connectivity index (χ1v) is 6.84. The van der Waals surface area contributed by atoms with Gasteiger partial charge in [0, 0.05) is 12.0 Å². The smallest absolute Gasteiger partial charge is 0.342 e. The van der Waals surface area contributed by atoms with Crippen molar-refractivity contribution in [2.45, 2.75) is 25.7 Å². The van der Waals surface area contributed by atoms with Gasteiger partial charge in [-0.2, -0.15) is 0 Å². The molecule has 1 aliphatic carbocycles. The van der Waals surface area contributed by atoms with Crippen LogP contribution in [0.2, 0.25) is 0 Å². The monoisotopic (exact) mass is 294 g/mol. The third-order valence-corrected chi connectivity index (χ3v) is 4.10. The van der Waals surface area contributed by atoms with Crippen molar-refractivity contribution in [2.75, 3.05) is 18.5 Å². The third kappa shape index (κ3) is 3.13. The quantitative estimate of drug-likeness (QED) is 0.548. The molecule has 21 heavy (non-hydrogen) atoms. The molecule has 2 rings (SSSR count). The summed E-state index contributed by atoms with van der Waals surface area (Å²) in [5.74, 6) is -1.33. The number of aliphatic hydroxyl groups is 1. The van der Waals surface area contributed by atoms with Gasteiger partial charge in [-0.1, -0.05) is 18.9 Å². The van der Waals surface area contributed by atoms with E-state index in [0.717, 1.165) is 25.7 Å². The Balaban J connectivity index is 2.25. The summed E-state index contributed by atoms with van der Waals surface area (Å²) < 4.78 is 0. The van der Waals surface area contributed by atoms with E-state index in [1.165, 1.54) is 18.2 Å². The van der Waals surface area contributed by atoms with E-state index in [9.17, 15) is 20.0 Å². The predicted octanol–water partition coefficient (Wildman–Crippen LogP) is 2.26. The Labute approximate surface area is 121 Å². The first kappa shape index (κ1) is 15.2. The second-order valence-corrected chi connectivity index (χ2v) is 5.48. The number of hydrogen-bond acceptors (Lipinski definition) is 5. The van der Waals surface area contributed by atoms with Gasteiger partial charge in [-0.05, 0) is 25.0 Å². The van der Waals surface area contributed by atoms with Crippen molar-refractivity contribution in [1.82, 2.24) is 0 Å². The second-order valence-electron chi connectivity index (χ2n) is 5.48. The molecule has 1 saturated carbocycles. The SMILES string of the molecule is O=C(O)c1cccc(NCC2(CO)CCCC2)c1[N+](=O)[O-]. The van der Waals surface area contributed by atoms with Crippen LogP contribution >= 0.6 is 0 Å². The number of benzene rings is 1. The highest BCUT2D eigenvalue weighted by Crippen LogP contribution is 2.38. The van der Waals surface area contributed by atoms with Gasteiger partial charge in [0.1, 0.15) is 11.3 Å². The summed E-state index contributed by atoms with van der Waals surface area (Å²) in [6.45, 7) is 0.416. The minimum Gasteiger partial charge on any atom is -0.477 e. The number of aliphatic hydroxyl groups excluding tert-OH is 1. The molecule has 1 fully saturated rings. The number of nitrogens with one attached hydrogen (secondary N) is 1. The fourth-order valence-electron chi connectivity index (χ4n) is 2.85. The van der Waals surface area contributed by atoms with Crippen LogP contribution in [0.15, 0.2) is 18.2 Å². The lowest BCUT2D eigenvalue weighted by Gasteiger charge is -2.27.